The van der Waals surface area contributed by atoms with E-state index in [1.807, 2.05) is 12.1 Å². The molecule has 1 saturated carbocycles. The molecule has 1 fully saturated rings. The maximum absolute atomic E-state index is 6.36. The van der Waals surface area contributed by atoms with E-state index in [-0.39, 0.29) is 5.54 Å². The second kappa shape index (κ2) is 3.80. The molecule has 0 amide bonds. The van der Waals surface area contributed by atoms with E-state index in [9.17, 15) is 0 Å². The zero-order valence-electron chi connectivity index (χ0n) is 9.33. The summed E-state index contributed by atoms with van der Waals surface area (Å²) in [5, 5.41) is 0.780. The van der Waals surface area contributed by atoms with Crippen LogP contribution < -0.4 is 5.73 Å². The number of rotatable bonds is 2. The normalized spacial score (nSPS) is 30.3. The Kier molecular flexibility index (Phi) is 2.78. The minimum Gasteiger partial charge on any atom is -0.321 e. The largest absolute Gasteiger partial charge is 0.321 e. The summed E-state index contributed by atoms with van der Waals surface area (Å²) < 4.78 is 0. The van der Waals surface area contributed by atoms with Crippen LogP contribution in [0.15, 0.2) is 24.3 Å². The fourth-order valence-electron chi connectivity index (χ4n) is 2.36. The Morgan fingerprint density at radius 3 is 2.27 bits per heavy atom. The van der Waals surface area contributed by atoms with Crippen molar-refractivity contribution in [1.29, 1.82) is 0 Å². The van der Waals surface area contributed by atoms with Crippen molar-refractivity contribution in [1.82, 2.24) is 0 Å². The molecular formula is C13H18ClN. The van der Waals surface area contributed by atoms with Gasteiger partial charge in [-0.25, -0.2) is 0 Å². The van der Waals surface area contributed by atoms with Crippen molar-refractivity contribution in [3.63, 3.8) is 0 Å². The average molecular weight is 224 g/mol. The van der Waals surface area contributed by atoms with Gasteiger partial charge in [-0.05, 0) is 42.4 Å². The van der Waals surface area contributed by atoms with Crippen LogP contribution in [-0.4, -0.2) is 0 Å². The lowest BCUT2D eigenvalue weighted by atomic mass is 9.62. The van der Waals surface area contributed by atoms with Gasteiger partial charge in [0.05, 0.1) is 0 Å². The number of nitrogens with two attached hydrogens (primary N) is 1. The number of hydrogen-bond acceptors (Lipinski definition) is 1. The molecule has 1 aliphatic carbocycles. The summed E-state index contributed by atoms with van der Waals surface area (Å²) in [5.41, 5.74) is 7.49. The summed E-state index contributed by atoms with van der Waals surface area (Å²) in [6.45, 7) is 4.54. The molecule has 0 saturated heterocycles. The molecule has 2 heteroatoms. The molecular weight excluding hydrogens is 206 g/mol. The first-order chi connectivity index (χ1) is 7.01. The van der Waals surface area contributed by atoms with Crippen LogP contribution in [0.2, 0.25) is 5.02 Å². The SMILES string of the molecule is CC(C)C1CC(N)(c2ccc(Cl)cc2)C1. The molecule has 0 aliphatic heterocycles. The molecule has 0 spiro atoms. The third kappa shape index (κ3) is 2.04. The Bertz CT molecular complexity index is 336. The van der Waals surface area contributed by atoms with Gasteiger partial charge in [-0.1, -0.05) is 37.6 Å². The lowest BCUT2D eigenvalue weighted by Crippen LogP contribution is -2.50. The van der Waals surface area contributed by atoms with Gasteiger partial charge in [-0.15, -0.1) is 0 Å². The molecule has 2 rings (SSSR count). The zero-order chi connectivity index (χ0) is 11.1. The molecule has 1 aliphatic rings. The molecule has 1 nitrogen and oxygen atoms in total. The predicted octanol–water partition coefficient (Wildman–Crippen LogP) is 3.56. The maximum atomic E-state index is 6.36. The van der Waals surface area contributed by atoms with Crippen molar-refractivity contribution in [2.75, 3.05) is 0 Å². The molecule has 0 radical (unpaired) electrons. The van der Waals surface area contributed by atoms with E-state index in [1.165, 1.54) is 5.56 Å². The van der Waals surface area contributed by atoms with E-state index >= 15 is 0 Å². The van der Waals surface area contributed by atoms with Gasteiger partial charge < -0.3 is 5.73 Å². The highest BCUT2D eigenvalue weighted by Crippen LogP contribution is 2.46. The van der Waals surface area contributed by atoms with Crippen molar-refractivity contribution in [2.24, 2.45) is 17.6 Å². The Morgan fingerprint density at radius 2 is 1.80 bits per heavy atom. The highest BCUT2D eigenvalue weighted by molar-refractivity contribution is 6.30. The molecule has 0 unspecified atom stereocenters. The standard InChI is InChI=1S/C13H18ClN/c1-9(2)10-7-13(15,8-10)11-3-5-12(14)6-4-11/h3-6,9-10H,7-8,15H2,1-2H3. The lowest BCUT2D eigenvalue weighted by molar-refractivity contribution is 0.105. The molecule has 82 valence electrons. The Morgan fingerprint density at radius 1 is 1.27 bits per heavy atom. The van der Waals surface area contributed by atoms with Crippen molar-refractivity contribution in [3.8, 4) is 0 Å². The summed E-state index contributed by atoms with van der Waals surface area (Å²) >= 11 is 5.86. The van der Waals surface area contributed by atoms with Crippen LogP contribution in [-0.2, 0) is 5.54 Å². The first kappa shape index (κ1) is 11.0. The molecule has 2 N–H and O–H groups in total. The molecule has 1 aromatic carbocycles. The van der Waals surface area contributed by atoms with Gasteiger partial charge in [0.1, 0.15) is 0 Å². The van der Waals surface area contributed by atoms with E-state index in [0.717, 1.165) is 29.7 Å². The van der Waals surface area contributed by atoms with Gasteiger partial charge >= 0.3 is 0 Å². The number of benzene rings is 1. The predicted molar refractivity (Wildman–Crippen MR) is 64.9 cm³/mol. The van der Waals surface area contributed by atoms with Gasteiger partial charge in [0, 0.05) is 10.6 Å². The van der Waals surface area contributed by atoms with Crippen molar-refractivity contribution in [2.45, 2.75) is 32.2 Å². The van der Waals surface area contributed by atoms with Gasteiger partial charge in [-0.3, -0.25) is 0 Å². The molecule has 0 atom stereocenters. The first-order valence-electron chi connectivity index (χ1n) is 5.56. The topological polar surface area (TPSA) is 26.0 Å². The summed E-state index contributed by atoms with van der Waals surface area (Å²) in [6.07, 6.45) is 2.21. The second-order valence-corrected chi connectivity index (χ2v) is 5.51. The van der Waals surface area contributed by atoms with Gasteiger partial charge in [0.25, 0.3) is 0 Å². The van der Waals surface area contributed by atoms with E-state index in [0.29, 0.717) is 0 Å². The Labute approximate surface area is 96.6 Å². The quantitative estimate of drug-likeness (QED) is 0.815. The zero-order valence-corrected chi connectivity index (χ0v) is 10.1. The molecule has 0 heterocycles. The van der Waals surface area contributed by atoms with Crippen molar-refractivity contribution in [3.05, 3.63) is 34.9 Å². The average Bonchev–Trinajstić information content (AvgIpc) is 2.13. The minimum absolute atomic E-state index is 0.0977. The molecule has 1 aromatic rings. The minimum atomic E-state index is -0.0977. The van der Waals surface area contributed by atoms with E-state index < -0.39 is 0 Å². The van der Waals surface area contributed by atoms with Crippen LogP contribution in [0.1, 0.15) is 32.3 Å². The van der Waals surface area contributed by atoms with Crippen LogP contribution in [0.3, 0.4) is 0 Å². The van der Waals surface area contributed by atoms with Gasteiger partial charge in [0.15, 0.2) is 0 Å². The fourth-order valence-corrected chi connectivity index (χ4v) is 2.49. The monoisotopic (exact) mass is 223 g/mol. The summed E-state index contributed by atoms with van der Waals surface area (Å²) in [7, 11) is 0. The highest BCUT2D eigenvalue weighted by Gasteiger charge is 2.43. The van der Waals surface area contributed by atoms with Crippen LogP contribution in [0, 0.1) is 11.8 Å². The molecule has 15 heavy (non-hydrogen) atoms. The van der Waals surface area contributed by atoms with E-state index in [2.05, 4.69) is 26.0 Å². The number of halogens is 1. The third-order valence-corrected chi connectivity index (χ3v) is 3.87. The van der Waals surface area contributed by atoms with Crippen LogP contribution in [0.5, 0.6) is 0 Å². The van der Waals surface area contributed by atoms with Crippen molar-refractivity contribution < 1.29 is 0 Å². The van der Waals surface area contributed by atoms with Crippen molar-refractivity contribution >= 4 is 11.6 Å². The fraction of sp³-hybridized carbons (Fsp3) is 0.538. The smallest absolute Gasteiger partial charge is 0.0415 e. The van der Waals surface area contributed by atoms with E-state index in [4.69, 9.17) is 17.3 Å². The first-order valence-corrected chi connectivity index (χ1v) is 5.94. The summed E-state index contributed by atoms with van der Waals surface area (Å²) in [6, 6.07) is 7.96. The second-order valence-electron chi connectivity index (χ2n) is 5.08. The Hall–Kier alpha value is -0.530. The maximum Gasteiger partial charge on any atom is 0.0415 e. The summed E-state index contributed by atoms with van der Waals surface area (Å²) in [4.78, 5) is 0. The van der Waals surface area contributed by atoms with Crippen LogP contribution >= 0.6 is 11.6 Å². The Balaban J connectivity index is 2.10. The van der Waals surface area contributed by atoms with E-state index in [1.54, 1.807) is 0 Å². The van der Waals surface area contributed by atoms with Gasteiger partial charge in [0.2, 0.25) is 0 Å². The third-order valence-electron chi connectivity index (χ3n) is 3.61. The van der Waals surface area contributed by atoms with Gasteiger partial charge in [-0.2, -0.15) is 0 Å². The van der Waals surface area contributed by atoms with Crippen LogP contribution in [0.25, 0.3) is 0 Å². The molecule has 0 bridgehead atoms. The molecule has 0 aromatic heterocycles. The van der Waals surface area contributed by atoms with Crippen LogP contribution in [0.4, 0.5) is 0 Å². The number of hydrogen-bond donors (Lipinski definition) is 1. The lowest BCUT2D eigenvalue weighted by Gasteiger charge is -2.47. The summed E-state index contributed by atoms with van der Waals surface area (Å²) in [5.74, 6) is 1.53. The highest BCUT2D eigenvalue weighted by atomic mass is 35.5.